The number of halogens is 2. The van der Waals surface area contributed by atoms with Crippen molar-refractivity contribution in [1.29, 1.82) is 0 Å². The quantitative estimate of drug-likeness (QED) is 0.550. The normalized spacial score (nSPS) is 22.6. The lowest BCUT2D eigenvalue weighted by molar-refractivity contribution is -0.0197. The van der Waals surface area contributed by atoms with Crippen molar-refractivity contribution in [2.75, 3.05) is 24.8 Å². The van der Waals surface area contributed by atoms with Gasteiger partial charge in [0, 0.05) is 35.0 Å². The average molecular weight is 524 g/mol. The van der Waals surface area contributed by atoms with Gasteiger partial charge in [-0.1, -0.05) is 18.2 Å². The Labute approximate surface area is 215 Å². The summed E-state index contributed by atoms with van der Waals surface area (Å²) in [5, 5.41) is 12.6. The molecule has 3 aromatic rings. The second-order valence-electron chi connectivity index (χ2n) is 9.85. The van der Waals surface area contributed by atoms with Crippen molar-refractivity contribution in [3.8, 4) is 5.75 Å². The fourth-order valence-corrected chi connectivity index (χ4v) is 6.88. The van der Waals surface area contributed by atoms with E-state index in [1.165, 1.54) is 34.3 Å². The molecule has 1 saturated carbocycles. The highest BCUT2D eigenvalue weighted by atomic mass is 32.2. The van der Waals surface area contributed by atoms with Gasteiger partial charge < -0.3 is 14.7 Å². The Bertz CT molecular complexity index is 1520. The molecule has 7 rings (SSSR count). The van der Waals surface area contributed by atoms with Crippen LogP contribution in [0.25, 0.3) is 0 Å². The van der Waals surface area contributed by atoms with Crippen LogP contribution in [0.1, 0.15) is 57.5 Å². The van der Waals surface area contributed by atoms with Crippen molar-refractivity contribution in [2.24, 2.45) is 0 Å². The molecule has 0 radical (unpaired) electrons. The van der Waals surface area contributed by atoms with Crippen LogP contribution >= 0.6 is 11.8 Å². The standard InChI is InChI=1S/C27H23F2N3O4S/c28-19-6-5-16-18(23(19)29)13-37-21-11-15(14-1-2-14)3-4-17(21)24(16)32-22-12-36-10-9-30(22)27(35)25-26(34)20(33)7-8-31(25)32/h3-8,11,14,22,24,34H,1-2,9-10,12-13H2/t22-,24+/m1/s1. The number of nitrogens with zero attached hydrogens (tertiary/aromatic N) is 3. The third-order valence-corrected chi connectivity index (χ3v) is 8.82. The molecule has 0 unspecified atom stereocenters. The van der Waals surface area contributed by atoms with Gasteiger partial charge in [0.05, 0.1) is 19.3 Å². The Balaban J connectivity index is 1.51. The first-order valence-corrected chi connectivity index (χ1v) is 13.3. The molecule has 10 heteroatoms. The molecule has 7 nitrogen and oxygen atoms in total. The molecule has 3 aliphatic heterocycles. The molecule has 0 spiro atoms. The number of aromatic nitrogens is 1. The monoisotopic (exact) mass is 523 g/mol. The molecular formula is C27H23F2N3O4S. The summed E-state index contributed by atoms with van der Waals surface area (Å²) in [5.74, 6) is -2.16. The van der Waals surface area contributed by atoms with Crippen molar-refractivity contribution in [3.63, 3.8) is 0 Å². The van der Waals surface area contributed by atoms with E-state index in [4.69, 9.17) is 4.74 Å². The lowest BCUT2D eigenvalue weighted by atomic mass is 9.92. The molecule has 4 heterocycles. The number of hydrogen-bond acceptors (Lipinski definition) is 6. The molecule has 1 N–H and O–H groups in total. The van der Waals surface area contributed by atoms with Gasteiger partial charge in [-0.05, 0) is 47.6 Å². The van der Waals surface area contributed by atoms with Crippen LogP contribution in [0.4, 0.5) is 8.78 Å². The lowest BCUT2D eigenvalue weighted by Crippen LogP contribution is -2.66. The maximum atomic E-state index is 15.3. The molecule has 2 aromatic carbocycles. The summed E-state index contributed by atoms with van der Waals surface area (Å²) in [5.41, 5.74) is 2.11. The molecule has 37 heavy (non-hydrogen) atoms. The Hall–Kier alpha value is -3.37. The van der Waals surface area contributed by atoms with E-state index in [2.05, 4.69) is 12.1 Å². The highest BCUT2D eigenvalue weighted by molar-refractivity contribution is 7.98. The first kappa shape index (κ1) is 22.8. The van der Waals surface area contributed by atoms with E-state index in [0.717, 1.165) is 29.4 Å². The van der Waals surface area contributed by atoms with Gasteiger partial charge in [0.2, 0.25) is 5.43 Å². The summed E-state index contributed by atoms with van der Waals surface area (Å²) in [6.45, 7) is 0.754. The van der Waals surface area contributed by atoms with Crippen LogP contribution in [0.15, 0.2) is 52.3 Å². The van der Waals surface area contributed by atoms with Gasteiger partial charge in [-0.3, -0.25) is 19.3 Å². The number of carbonyl (C=O) groups excluding carboxylic acids is 1. The van der Waals surface area contributed by atoms with Crippen LogP contribution in [0.2, 0.25) is 0 Å². The fourth-order valence-electron chi connectivity index (χ4n) is 5.72. The maximum absolute atomic E-state index is 15.3. The van der Waals surface area contributed by atoms with Crippen molar-refractivity contribution >= 4 is 17.7 Å². The largest absolute Gasteiger partial charge is 0.502 e. The third-order valence-electron chi connectivity index (χ3n) is 7.72. The first-order valence-electron chi connectivity index (χ1n) is 12.3. The number of carbonyl (C=O) groups is 1. The number of thioether (sulfide) groups is 1. The summed E-state index contributed by atoms with van der Waals surface area (Å²) in [7, 11) is 0. The molecule has 1 aliphatic carbocycles. The molecule has 1 saturated heterocycles. The highest BCUT2D eigenvalue weighted by Crippen LogP contribution is 2.48. The van der Waals surface area contributed by atoms with Crippen LogP contribution in [-0.2, 0) is 10.5 Å². The average Bonchev–Trinajstić information content (AvgIpc) is 3.76. The van der Waals surface area contributed by atoms with E-state index in [9.17, 15) is 19.1 Å². The van der Waals surface area contributed by atoms with E-state index in [0.29, 0.717) is 18.1 Å². The zero-order valence-electron chi connectivity index (χ0n) is 19.7. The second-order valence-corrected chi connectivity index (χ2v) is 10.9. The van der Waals surface area contributed by atoms with E-state index in [-0.39, 0.29) is 30.2 Å². The number of fused-ring (bicyclic) bond motifs is 4. The van der Waals surface area contributed by atoms with Gasteiger partial charge in [-0.15, -0.1) is 11.8 Å². The number of hydrogen-bond donors (Lipinski definition) is 1. The number of morpholine rings is 1. The summed E-state index contributed by atoms with van der Waals surface area (Å²) >= 11 is 1.47. The lowest BCUT2D eigenvalue weighted by Gasteiger charge is -2.51. The third kappa shape index (κ3) is 3.42. The second kappa shape index (κ2) is 8.32. The highest BCUT2D eigenvalue weighted by Gasteiger charge is 2.46. The molecule has 2 fully saturated rings. The van der Waals surface area contributed by atoms with E-state index >= 15 is 4.39 Å². The minimum atomic E-state index is -0.916. The van der Waals surface area contributed by atoms with Crippen molar-refractivity contribution in [1.82, 2.24) is 9.58 Å². The molecule has 1 aromatic heterocycles. The molecule has 4 aliphatic rings. The van der Waals surface area contributed by atoms with E-state index < -0.39 is 40.9 Å². The van der Waals surface area contributed by atoms with Crippen molar-refractivity contribution in [2.45, 2.75) is 41.6 Å². The Morgan fingerprint density at radius 3 is 2.68 bits per heavy atom. The fraction of sp³-hybridized carbons (Fsp3) is 0.333. The van der Waals surface area contributed by atoms with Crippen molar-refractivity contribution in [3.05, 3.63) is 92.4 Å². The Morgan fingerprint density at radius 1 is 1.05 bits per heavy atom. The Morgan fingerprint density at radius 2 is 1.86 bits per heavy atom. The van der Waals surface area contributed by atoms with E-state index in [1.807, 2.05) is 11.1 Å². The van der Waals surface area contributed by atoms with Gasteiger partial charge in [0.15, 0.2) is 23.1 Å². The van der Waals surface area contributed by atoms with Gasteiger partial charge >= 0.3 is 0 Å². The molecule has 190 valence electrons. The predicted molar refractivity (Wildman–Crippen MR) is 132 cm³/mol. The Kier molecular flexibility index (Phi) is 5.13. The maximum Gasteiger partial charge on any atom is 0.278 e. The van der Waals surface area contributed by atoms with Crippen LogP contribution in [0.3, 0.4) is 0 Å². The topological polar surface area (TPSA) is 75.0 Å². The molecule has 2 atom stereocenters. The zero-order chi connectivity index (χ0) is 25.4. The minimum Gasteiger partial charge on any atom is -0.502 e. The summed E-state index contributed by atoms with van der Waals surface area (Å²) in [4.78, 5) is 28.3. The van der Waals surface area contributed by atoms with Crippen LogP contribution in [-0.4, -0.2) is 46.5 Å². The number of benzene rings is 2. The molecular weight excluding hydrogens is 500 g/mol. The number of rotatable bonds is 2. The van der Waals surface area contributed by atoms with Gasteiger partial charge in [0.25, 0.3) is 5.91 Å². The van der Waals surface area contributed by atoms with Gasteiger partial charge in [-0.25, -0.2) is 8.78 Å². The summed E-state index contributed by atoms with van der Waals surface area (Å²) in [6.07, 6.45) is 3.13. The minimum absolute atomic E-state index is 0.150. The smallest absolute Gasteiger partial charge is 0.278 e. The number of amides is 1. The van der Waals surface area contributed by atoms with Crippen LogP contribution in [0, 0.1) is 11.6 Å². The van der Waals surface area contributed by atoms with Gasteiger partial charge in [0.1, 0.15) is 6.17 Å². The molecule has 1 amide bonds. The van der Waals surface area contributed by atoms with Gasteiger partial charge in [-0.2, -0.15) is 0 Å². The number of pyridine rings is 1. The van der Waals surface area contributed by atoms with Crippen LogP contribution < -0.4 is 10.4 Å². The SMILES string of the molecule is O=C1c2c(O)c(=O)ccn2N([C@@H]2c3ccc(C4CC4)cc3SCc3c2ccc(F)c3F)[C@@H]2COCCN12. The predicted octanol–water partition coefficient (Wildman–Crippen LogP) is 3.85. The number of aromatic hydroxyl groups is 1. The van der Waals surface area contributed by atoms with E-state index in [1.54, 1.807) is 11.0 Å². The first-order chi connectivity index (χ1) is 17.9. The summed E-state index contributed by atoms with van der Waals surface area (Å²) < 4.78 is 37.0. The summed E-state index contributed by atoms with van der Waals surface area (Å²) in [6, 6.07) is 9.53. The van der Waals surface area contributed by atoms with Crippen LogP contribution in [0.5, 0.6) is 5.75 Å². The number of ether oxygens (including phenoxy) is 1. The zero-order valence-corrected chi connectivity index (χ0v) is 20.5. The van der Waals surface area contributed by atoms with Crippen molar-refractivity contribution < 1.29 is 23.4 Å². The molecule has 0 bridgehead atoms.